The molecule has 1 aromatic rings. The molecule has 0 heterocycles. The Balaban J connectivity index is 2.99. The number of nitrogens with one attached hydrogen (secondary N) is 2. The number of anilines is 1. The molecule has 1 rings (SSSR count). The van der Waals surface area contributed by atoms with E-state index in [4.69, 9.17) is 11.5 Å². The molecule has 1 atom stereocenters. The highest BCUT2D eigenvalue weighted by atomic mass is 32.2. The van der Waals surface area contributed by atoms with Crippen molar-refractivity contribution in [2.75, 3.05) is 17.3 Å². The van der Waals surface area contributed by atoms with Gasteiger partial charge in [-0.1, -0.05) is 0 Å². The average molecular weight is 364 g/mol. The maximum atomic E-state index is 12.9. The molecule has 10 heteroatoms. The van der Waals surface area contributed by atoms with Gasteiger partial charge >= 0.3 is 12.2 Å². The van der Waals surface area contributed by atoms with Gasteiger partial charge in [0.2, 0.25) is 5.91 Å². The summed E-state index contributed by atoms with van der Waals surface area (Å²) in [7, 11) is 0. The summed E-state index contributed by atoms with van der Waals surface area (Å²) >= 11 is 1.46. The van der Waals surface area contributed by atoms with E-state index in [0.717, 1.165) is 12.1 Å². The number of hydrogen-bond donors (Lipinski definition) is 4. The van der Waals surface area contributed by atoms with Crippen LogP contribution in [0.5, 0.6) is 0 Å². The Bertz CT molecular complexity index is 596. The van der Waals surface area contributed by atoms with Crippen LogP contribution >= 0.6 is 11.8 Å². The van der Waals surface area contributed by atoms with Gasteiger partial charge in [0, 0.05) is 12.2 Å². The van der Waals surface area contributed by atoms with E-state index in [1.165, 1.54) is 17.8 Å². The third-order valence-electron chi connectivity index (χ3n) is 3.07. The fourth-order valence-corrected chi connectivity index (χ4v) is 2.42. The first kappa shape index (κ1) is 20.1. The molecule has 0 radical (unpaired) electrons. The molecule has 24 heavy (non-hydrogen) atoms. The van der Waals surface area contributed by atoms with E-state index in [0.29, 0.717) is 12.2 Å². The highest BCUT2D eigenvalue weighted by molar-refractivity contribution is 7.98. The van der Waals surface area contributed by atoms with Gasteiger partial charge in [-0.15, -0.1) is 0 Å². The van der Waals surface area contributed by atoms with Crippen LogP contribution < -0.4 is 22.1 Å². The Morgan fingerprint density at radius 2 is 1.96 bits per heavy atom. The molecule has 0 aliphatic heterocycles. The first-order valence-corrected chi connectivity index (χ1v) is 8.33. The molecule has 0 bridgehead atoms. The summed E-state index contributed by atoms with van der Waals surface area (Å²) in [5.74, 6) is -0.0835. The zero-order valence-corrected chi connectivity index (χ0v) is 13.8. The van der Waals surface area contributed by atoms with E-state index in [-0.39, 0.29) is 17.8 Å². The minimum absolute atomic E-state index is 0.0457. The van der Waals surface area contributed by atoms with E-state index >= 15 is 0 Å². The van der Waals surface area contributed by atoms with Crippen molar-refractivity contribution in [3.63, 3.8) is 0 Å². The second-order valence-corrected chi connectivity index (χ2v) is 5.94. The van der Waals surface area contributed by atoms with Crippen molar-refractivity contribution in [3.8, 4) is 0 Å². The van der Waals surface area contributed by atoms with Crippen LogP contribution in [0.3, 0.4) is 0 Å². The van der Waals surface area contributed by atoms with Gasteiger partial charge in [-0.2, -0.15) is 24.9 Å². The number of halogens is 3. The maximum absolute atomic E-state index is 12.9. The average Bonchev–Trinajstić information content (AvgIpc) is 2.49. The highest BCUT2D eigenvalue weighted by Crippen LogP contribution is 2.32. The molecule has 0 aliphatic carbocycles. The van der Waals surface area contributed by atoms with E-state index in [1.807, 2.05) is 6.26 Å². The summed E-state index contributed by atoms with van der Waals surface area (Å²) in [4.78, 5) is 23.2. The SMILES string of the molecule is CSCCC(NC(N)=O)C(=O)Nc1cc(CN)cc(C(F)(F)F)c1. The molecule has 0 spiro atoms. The smallest absolute Gasteiger partial charge is 0.352 e. The number of carbonyl (C=O) groups is 2. The molecule has 0 saturated carbocycles. The number of thioether (sulfide) groups is 1. The molecular formula is C14H19F3N4O2S. The zero-order valence-electron chi connectivity index (χ0n) is 12.9. The molecule has 0 aliphatic rings. The maximum Gasteiger partial charge on any atom is 0.416 e. The van der Waals surface area contributed by atoms with Crippen LogP contribution in [0.15, 0.2) is 18.2 Å². The quantitative estimate of drug-likeness (QED) is 0.592. The zero-order chi connectivity index (χ0) is 18.3. The fraction of sp³-hybridized carbons (Fsp3) is 0.429. The Labute approximate surface area is 141 Å². The summed E-state index contributed by atoms with van der Waals surface area (Å²) in [5.41, 5.74) is 9.68. The third-order valence-corrected chi connectivity index (χ3v) is 3.71. The topological polar surface area (TPSA) is 110 Å². The van der Waals surface area contributed by atoms with Crippen molar-refractivity contribution < 1.29 is 22.8 Å². The van der Waals surface area contributed by atoms with Gasteiger partial charge in [0.25, 0.3) is 0 Å². The minimum atomic E-state index is -4.56. The first-order valence-electron chi connectivity index (χ1n) is 6.94. The third kappa shape index (κ3) is 6.28. The lowest BCUT2D eigenvalue weighted by Crippen LogP contribution is -2.46. The van der Waals surface area contributed by atoms with Crippen LogP contribution in [0.1, 0.15) is 17.5 Å². The molecule has 6 nitrogen and oxygen atoms in total. The molecule has 1 unspecified atom stereocenters. The molecule has 0 saturated heterocycles. The molecule has 134 valence electrons. The molecule has 3 amide bonds. The Morgan fingerprint density at radius 1 is 1.29 bits per heavy atom. The Kier molecular flexibility index (Phi) is 7.36. The number of amides is 3. The van der Waals surface area contributed by atoms with Crippen molar-refractivity contribution >= 4 is 29.4 Å². The lowest BCUT2D eigenvalue weighted by atomic mass is 10.1. The van der Waals surface area contributed by atoms with Crippen molar-refractivity contribution in [1.82, 2.24) is 5.32 Å². The van der Waals surface area contributed by atoms with Gasteiger partial charge in [0.05, 0.1) is 5.56 Å². The number of urea groups is 1. The molecule has 6 N–H and O–H groups in total. The number of primary amides is 1. The van der Waals surface area contributed by atoms with Crippen LogP contribution in [-0.2, 0) is 17.5 Å². The lowest BCUT2D eigenvalue weighted by molar-refractivity contribution is -0.137. The largest absolute Gasteiger partial charge is 0.416 e. The van der Waals surface area contributed by atoms with Crippen LogP contribution in [0.4, 0.5) is 23.7 Å². The minimum Gasteiger partial charge on any atom is -0.352 e. The summed E-state index contributed by atoms with van der Waals surface area (Å²) in [6, 6.07) is 1.26. The summed E-state index contributed by atoms with van der Waals surface area (Å²) in [6.07, 6.45) is -2.45. The first-order chi connectivity index (χ1) is 11.2. The van der Waals surface area contributed by atoms with Gasteiger partial charge in [0.15, 0.2) is 0 Å². The van der Waals surface area contributed by atoms with Crippen LogP contribution in [0.2, 0.25) is 0 Å². The monoisotopic (exact) mass is 364 g/mol. The van der Waals surface area contributed by atoms with Gasteiger partial charge in [-0.25, -0.2) is 4.79 Å². The normalized spacial score (nSPS) is 12.5. The van der Waals surface area contributed by atoms with Crippen molar-refractivity contribution in [2.24, 2.45) is 11.5 Å². The predicted octanol–water partition coefficient (Wildman–Crippen LogP) is 1.89. The van der Waals surface area contributed by atoms with Crippen LogP contribution in [0.25, 0.3) is 0 Å². The molecule has 0 fully saturated rings. The van der Waals surface area contributed by atoms with E-state index in [2.05, 4.69) is 10.6 Å². The second-order valence-electron chi connectivity index (χ2n) is 4.95. The number of carbonyl (C=O) groups excluding carboxylic acids is 2. The molecule has 0 aromatic heterocycles. The number of alkyl halides is 3. The molecular weight excluding hydrogens is 345 g/mol. The van der Waals surface area contributed by atoms with Crippen molar-refractivity contribution in [3.05, 3.63) is 29.3 Å². The number of hydrogen-bond acceptors (Lipinski definition) is 4. The molecule has 1 aromatic carbocycles. The lowest BCUT2D eigenvalue weighted by Gasteiger charge is -2.18. The van der Waals surface area contributed by atoms with Gasteiger partial charge in [-0.05, 0) is 42.2 Å². The van der Waals surface area contributed by atoms with Crippen molar-refractivity contribution in [1.29, 1.82) is 0 Å². The Hall–Kier alpha value is -1.94. The number of rotatable bonds is 7. The number of benzene rings is 1. The van der Waals surface area contributed by atoms with E-state index in [9.17, 15) is 22.8 Å². The number of nitrogens with two attached hydrogens (primary N) is 2. The standard InChI is InChI=1S/C14H19F3N4O2S/c1-24-3-2-11(21-13(19)23)12(22)20-10-5-8(7-18)4-9(6-10)14(15,16)17/h4-6,11H,2-3,7,18H2,1H3,(H,20,22)(H3,19,21,23). The van der Waals surface area contributed by atoms with E-state index in [1.54, 1.807) is 0 Å². The Morgan fingerprint density at radius 3 is 2.46 bits per heavy atom. The van der Waals surface area contributed by atoms with Crippen molar-refractivity contribution in [2.45, 2.75) is 25.2 Å². The van der Waals surface area contributed by atoms with Gasteiger partial charge < -0.3 is 22.1 Å². The van der Waals surface area contributed by atoms with Crippen LogP contribution in [-0.4, -0.2) is 30.0 Å². The highest BCUT2D eigenvalue weighted by Gasteiger charge is 2.31. The van der Waals surface area contributed by atoms with Gasteiger partial charge in [-0.3, -0.25) is 4.79 Å². The predicted molar refractivity (Wildman–Crippen MR) is 87.5 cm³/mol. The van der Waals surface area contributed by atoms with E-state index < -0.39 is 29.7 Å². The fourth-order valence-electron chi connectivity index (χ4n) is 1.95. The summed E-state index contributed by atoms with van der Waals surface area (Å²) in [6.45, 7) is -0.109. The summed E-state index contributed by atoms with van der Waals surface area (Å²) in [5, 5.41) is 4.64. The second kappa shape index (κ2) is 8.78. The van der Waals surface area contributed by atoms with Gasteiger partial charge in [0.1, 0.15) is 6.04 Å². The summed E-state index contributed by atoms with van der Waals surface area (Å²) < 4.78 is 38.7. The van der Waals surface area contributed by atoms with Crippen LogP contribution in [0, 0.1) is 0 Å².